The molecule has 2 rings (SSSR count). The normalized spacial score (nSPS) is 16.4. The quantitative estimate of drug-likeness (QED) is 0.828. The number of aliphatic hydroxyl groups excluding tert-OH is 2. The maximum Gasteiger partial charge on any atom is 0.0945 e. The minimum Gasteiger partial charge on any atom is -0.394 e. The molecule has 0 saturated heterocycles. The van der Waals surface area contributed by atoms with Gasteiger partial charge in [0.25, 0.3) is 0 Å². The molecule has 1 aliphatic carbocycles. The van der Waals surface area contributed by atoms with E-state index < -0.39 is 6.10 Å². The number of aliphatic hydroxyl groups is 2. The first kappa shape index (κ1) is 12.4. The lowest BCUT2D eigenvalue weighted by molar-refractivity contribution is 0.101. The van der Waals surface area contributed by atoms with Crippen LogP contribution in [0.4, 0.5) is 5.69 Å². The Bertz CT molecular complexity index is 378. The molecule has 17 heavy (non-hydrogen) atoms. The van der Waals surface area contributed by atoms with Gasteiger partial charge in [-0.2, -0.15) is 0 Å². The average Bonchev–Trinajstić information content (AvgIpc) is 2.38. The number of benzene rings is 1. The van der Waals surface area contributed by atoms with Crippen molar-refractivity contribution in [3.8, 4) is 0 Å². The first-order chi connectivity index (χ1) is 8.20. The lowest BCUT2D eigenvalue weighted by atomic mass is 9.91. The molecule has 3 heteroatoms. The van der Waals surface area contributed by atoms with Crippen molar-refractivity contribution in [3.05, 3.63) is 29.3 Å². The van der Waals surface area contributed by atoms with Crippen molar-refractivity contribution in [2.24, 2.45) is 0 Å². The van der Waals surface area contributed by atoms with Gasteiger partial charge in [-0.15, -0.1) is 0 Å². The summed E-state index contributed by atoms with van der Waals surface area (Å²) in [5.41, 5.74) is 4.04. The van der Waals surface area contributed by atoms with Crippen molar-refractivity contribution in [2.45, 2.75) is 31.8 Å². The molecule has 0 heterocycles. The van der Waals surface area contributed by atoms with Crippen molar-refractivity contribution in [3.63, 3.8) is 0 Å². The van der Waals surface area contributed by atoms with Crippen LogP contribution < -0.4 is 4.90 Å². The predicted octanol–water partition coefficient (Wildman–Crippen LogP) is 1.35. The standard InChI is InChI=1S/C14H21NO2/c1-15(9-14(17)10-16)13-7-6-11-4-2-3-5-12(11)8-13/h6-8,14,16-17H,2-5,9-10H2,1H3. The number of likely N-dealkylation sites (N-methyl/N-ethyl adjacent to an activating group) is 1. The summed E-state index contributed by atoms with van der Waals surface area (Å²) in [5.74, 6) is 0. The molecule has 0 fully saturated rings. The Morgan fingerprint density at radius 2 is 1.94 bits per heavy atom. The van der Waals surface area contributed by atoms with Gasteiger partial charge in [0.05, 0.1) is 12.7 Å². The van der Waals surface area contributed by atoms with Crippen LogP contribution in [0.3, 0.4) is 0 Å². The highest BCUT2D eigenvalue weighted by atomic mass is 16.3. The topological polar surface area (TPSA) is 43.7 Å². The fourth-order valence-electron chi connectivity index (χ4n) is 2.44. The van der Waals surface area contributed by atoms with Gasteiger partial charge in [-0.1, -0.05) is 6.07 Å². The van der Waals surface area contributed by atoms with E-state index in [2.05, 4.69) is 18.2 Å². The van der Waals surface area contributed by atoms with E-state index in [1.54, 1.807) is 0 Å². The molecule has 1 aromatic rings. The molecule has 0 radical (unpaired) electrons. The summed E-state index contributed by atoms with van der Waals surface area (Å²) in [7, 11) is 1.95. The van der Waals surface area contributed by atoms with E-state index in [9.17, 15) is 5.11 Å². The molecule has 2 N–H and O–H groups in total. The van der Waals surface area contributed by atoms with E-state index in [1.165, 1.54) is 36.8 Å². The summed E-state index contributed by atoms with van der Waals surface area (Å²) in [4.78, 5) is 2.00. The highest BCUT2D eigenvalue weighted by Crippen LogP contribution is 2.25. The largest absolute Gasteiger partial charge is 0.394 e. The molecule has 1 aliphatic rings. The second-order valence-electron chi connectivity index (χ2n) is 4.88. The van der Waals surface area contributed by atoms with E-state index >= 15 is 0 Å². The summed E-state index contributed by atoms with van der Waals surface area (Å²) >= 11 is 0. The van der Waals surface area contributed by atoms with Crippen molar-refractivity contribution in [1.82, 2.24) is 0 Å². The molecule has 0 aliphatic heterocycles. The molecule has 0 aromatic heterocycles. The van der Waals surface area contributed by atoms with Crippen molar-refractivity contribution >= 4 is 5.69 Å². The van der Waals surface area contributed by atoms with E-state index in [1.807, 2.05) is 11.9 Å². The van der Waals surface area contributed by atoms with Gasteiger partial charge in [-0.25, -0.2) is 0 Å². The highest BCUT2D eigenvalue weighted by molar-refractivity contribution is 5.51. The molecule has 94 valence electrons. The van der Waals surface area contributed by atoms with Gasteiger partial charge in [-0.05, 0) is 48.9 Å². The minimum absolute atomic E-state index is 0.185. The molecule has 1 aromatic carbocycles. The molecule has 0 spiro atoms. The van der Waals surface area contributed by atoms with Gasteiger partial charge in [0.2, 0.25) is 0 Å². The van der Waals surface area contributed by atoms with Gasteiger partial charge in [0.1, 0.15) is 0 Å². The van der Waals surface area contributed by atoms with E-state index in [0.717, 1.165) is 5.69 Å². The number of anilines is 1. The van der Waals surface area contributed by atoms with Gasteiger partial charge in [0, 0.05) is 19.3 Å². The third-order valence-corrected chi connectivity index (χ3v) is 3.47. The lowest BCUT2D eigenvalue weighted by Crippen LogP contribution is -2.31. The maximum atomic E-state index is 9.44. The first-order valence-corrected chi connectivity index (χ1v) is 6.32. The SMILES string of the molecule is CN(CC(O)CO)c1ccc2c(c1)CCCC2. The average molecular weight is 235 g/mol. The number of rotatable bonds is 4. The fourth-order valence-corrected chi connectivity index (χ4v) is 2.44. The summed E-state index contributed by atoms with van der Waals surface area (Å²) in [5, 5.41) is 18.3. The Balaban J connectivity index is 2.10. The smallest absolute Gasteiger partial charge is 0.0945 e. The molecule has 1 unspecified atom stereocenters. The van der Waals surface area contributed by atoms with Gasteiger partial charge in [0.15, 0.2) is 0 Å². The van der Waals surface area contributed by atoms with Crippen LogP contribution in [0.25, 0.3) is 0 Å². The Morgan fingerprint density at radius 3 is 2.65 bits per heavy atom. The van der Waals surface area contributed by atoms with Gasteiger partial charge in [-0.3, -0.25) is 0 Å². The second-order valence-corrected chi connectivity index (χ2v) is 4.88. The van der Waals surface area contributed by atoms with Crippen LogP contribution in [-0.4, -0.2) is 36.5 Å². The third-order valence-electron chi connectivity index (χ3n) is 3.47. The molecular formula is C14H21NO2. The van der Waals surface area contributed by atoms with Crippen LogP contribution in [0.2, 0.25) is 0 Å². The van der Waals surface area contributed by atoms with Crippen molar-refractivity contribution in [1.29, 1.82) is 0 Å². The van der Waals surface area contributed by atoms with Crippen molar-refractivity contribution < 1.29 is 10.2 Å². The molecule has 0 amide bonds. The lowest BCUT2D eigenvalue weighted by Gasteiger charge is -2.24. The molecular weight excluding hydrogens is 214 g/mol. The maximum absolute atomic E-state index is 9.44. The number of hydrogen-bond donors (Lipinski definition) is 2. The predicted molar refractivity (Wildman–Crippen MR) is 69.4 cm³/mol. The molecule has 0 bridgehead atoms. The molecule has 1 atom stereocenters. The summed E-state index contributed by atoms with van der Waals surface area (Å²) in [6.07, 6.45) is 4.26. The Kier molecular flexibility index (Phi) is 4.02. The Morgan fingerprint density at radius 1 is 1.24 bits per heavy atom. The van der Waals surface area contributed by atoms with Crippen LogP contribution in [0.15, 0.2) is 18.2 Å². The third kappa shape index (κ3) is 2.99. The highest BCUT2D eigenvalue weighted by Gasteiger charge is 2.12. The van der Waals surface area contributed by atoms with E-state index in [-0.39, 0.29) is 6.61 Å². The second kappa shape index (κ2) is 5.52. The Hall–Kier alpha value is -1.06. The van der Waals surface area contributed by atoms with Crippen LogP contribution in [-0.2, 0) is 12.8 Å². The summed E-state index contributed by atoms with van der Waals surface area (Å²) in [6, 6.07) is 6.53. The van der Waals surface area contributed by atoms with E-state index in [0.29, 0.717) is 6.54 Å². The number of hydrogen-bond acceptors (Lipinski definition) is 3. The van der Waals surface area contributed by atoms with E-state index in [4.69, 9.17) is 5.11 Å². The van der Waals surface area contributed by atoms with Crippen molar-refractivity contribution in [2.75, 3.05) is 25.1 Å². The zero-order valence-corrected chi connectivity index (χ0v) is 10.4. The summed E-state index contributed by atoms with van der Waals surface area (Å²) < 4.78 is 0. The Labute approximate surface area is 103 Å². The first-order valence-electron chi connectivity index (χ1n) is 6.32. The van der Waals surface area contributed by atoms with Crippen LogP contribution in [0, 0.1) is 0 Å². The van der Waals surface area contributed by atoms with Gasteiger partial charge < -0.3 is 15.1 Å². The summed E-state index contributed by atoms with van der Waals surface area (Å²) in [6.45, 7) is 0.282. The zero-order chi connectivity index (χ0) is 12.3. The number of fused-ring (bicyclic) bond motifs is 1. The van der Waals surface area contributed by atoms with Crippen LogP contribution in [0.5, 0.6) is 0 Å². The number of nitrogens with zero attached hydrogens (tertiary/aromatic N) is 1. The van der Waals surface area contributed by atoms with Crippen LogP contribution in [0.1, 0.15) is 24.0 Å². The monoisotopic (exact) mass is 235 g/mol. The minimum atomic E-state index is -0.670. The fraction of sp³-hybridized carbons (Fsp3) is 0.571. The van der Waals surface area contributed by atoms with Crippen LogP contribution >= 0.6 is 0 Å². The van der Waals surface area contributed by atoms with Gasteiger partial charge >= 0.3 is 0 Å². The molecule has 3 nitrogen and oxygen atoms in total. The zero-order valence-electron chi connectivity index (χ0n) is 10.4. The number of aryl methyl sites for hydroxylation is 2. The molecule has 0 saturated carbocycles.